The van der Waals surface area contributed by atoms with Crippen LogP contribution in [0.15, 0.2) is 11.6 Å². The molecular weight excluding hydrogens is 232 g/mol. The molecule has 0 amide bonds. The van der Waals surface area contributed by atoms with Crippen molar-refractivity contribution >= 4 is 16.5 Å². The van der Waals surface area contributed by atoms with E-state index in [4.69, 9.17) is 5.73 Å². The predicted octanol–water partition coefficient (Wildman–Crippen LogP) is 1.25. The average Bonchev–Trinajstić information content (AvgIpc) is 2.84. The first kappa shape index (κ1) is 12.8. The fourth-order valence-corrected chi connectivity index (χ4v) is 3.16. The van der Waals surface area contributed by atoms with Gasteiger partial charge in [0, 0.05) is 50.3 Å². The quantitative estimate of drug-likeness (QED) is 0.878. The largest absolute Gasteiger partial charge is 0.346 e. The van der Waals surface area contributed by atoms with Gasteiger partial charge in [-0.2, -0.15) is 0 Å². The Morgan fingerprint density at radius 2 is 2.06 bits per heavy atom. The van der Waals surface area contributed by atoms with Gasteiger partial charge in [-0.25, -0.2) is 4.98 Å². The first-order chi connectivity index (χ1) is 8.22. The zero-order chi connectivity index (χ0) is 12.3. The molecule has 0 aromatic carbocycles. The molecule has 0 radical (unpaired) electrons. The van der Waals surface area contributed by atoms with Crippen molar-refractivity contribution in [2.45, 2.75) is 19.9 Å². The highest BCUT2D eigenvalue weighted by molar-refractivity contribution is 7.13. The monoisotopic (exact) mass is 254 g/mol. The topological polar surface area (TPSA) is 45.4 Å². The van der Waals surface area contributed by atoms with Crippen molar-refractivity contribution in [1.82, 2.24) is 9.88 Å². The van der Waals surface area contributed by atoms with E-state index in [0.717, 1.165) is 37.9 Å². The Hall–Kier alpha value is -0.650. The molecule has 1 aromatic rings. The third kappa shape index (κ3) is 2.97. The van der Waals surface area contributed by atoms with Crippen LogP contribution in [-0.2, 0) is 0 Å². The Balaban J connectivity index is 1.89. The number of thiazole rings is 1. The lowest BCUT2D eigenvalue weighted by atomic mass is 10.0. The van der Waals surface area contributed by atoms with Crippen LogP contribution in [0.1, 0.15) is 13.8 Å². The van der Waals surface area contributed by atoms with Gasteiger partial charge >= 0.3 is 0 Å². The van der Waals surface area contributed by atoms with Crippen LogP contribution in [0, 0.1) is 5.92 Å². The van der Waals surface area contributed by atoms with E-state index in [1.54, 1.807) is 11.3 Å². The summed E-state index contributed by atoms with van der Waals surface area (Å²) in [6, 6.07) is 0.522. The molecule has 0 spiro atoms. The number of aromatic nitrogens is 1. The summed E-state index contributed by atoms with van der Waals surface area (Å²) in [7, 11) is 0. The Morgan fingerprint density at radius 3 is 2.53 bits per heavy atom. The third-order valence-electron chi connectivity index (χ3n) is 3.48. The van der Waals surface area contributed by atoms with Crippen LogP contribution < -0.4 is 10.6 Å². The van der Waals surface area contributed by atoms with Gasteiger partial charge in [-0.1, -0.05) is 13.8 Å². The number of rotatable bonds is 4. The van der Waals surface area contributed by atoms with Gasteiger partial charge in [-0.15, -0.1) is 11.3 Å². The molecule has 1 saturated heterocycles. The Morgan fingerprint density at radius 1 is 1.35 bits per heavy atom. The van der Waals surface area contributed by atoms with Crippen molar-refractivity contribution in [3.63, 3.8) is 0 Å². The predicted molar refractivity (Wildman–Crippen MR) is 73.6 cm³/mol. The zero-order valence-corrected chi connectivity index (χ0v) is 11.5. The van der Waals surface area contributed by atoms with E-state index in [-0.39, 0.29) is 0 Å². The molecule has 1 unspecified atom stereocenters. The van der Waals surface area contributed by atoms with Crippen LogP contribution >= 0.6 is 11.3 Å². The summed E-state index contributed by atoms with van der Waals surface area (Å²) in [4.78, 5) is 9.26. The van der Waals surface area contributed by atoms with Crippen molar-refractivity contribution in [1.29, 1.82) is 0 Å². The summed E-state index contributed by atoms with van der Waals surface area (Å²) >= 11 is 1.72. The SMILES string of the molecule is CC(C)C(CN)N1CCN(c2nccs2)CC1. The molecule has 1 aromatic heterocycles. The maximum absolute atomic E-state index is 5.87. The van der Waals surface area contributed by atoms with Gasteiger partial charge in [0.05, 0.1) is 0 Å². The van der Waals surface area contributed by atoms with Crippen molar-refractivity contribution in [2.24, 2.45) is 11.7 Å². The van der Waals surface area contributed by atoms with Gasteiger partial charge in [-0.3, -0.25) is 4.90 Å². The molecule has 0 bridgehead atoms. The fraction of sp³-hybridized carbons (Fsp3) is 0.750. The molecule has 17 heavy (non-hydrogen) atoms. The molecule has 2 N–H and O–H groups in total. The molecule has 1 fully saturated rings. The van der Waals surface area contributed by atoms with Crippen molar-refractivity contribution in [3.8, 4) is 0 Å². The third-order valence-corrected chi connectivity index (χ3v) is 4.32. The highest BCUT2D eigenvalue weighted by Gasteiger charge is 2.25. The lowest BCUT2D eigenvalue weighted by Gasteiger charge is -2.40. The maximum atomic E-state index is 5.87. The Labute approximate surface area is 107 Å². The van der Waals surface area contributed by atoms with Crippen LogP contribution in [0.4, 0.5) is 5.13 Å². The molecule has 96 valence electrons. The number of hydrogen-bond donors (Lipinski definition) is 1. The summed E-state index contributed by atoms with van der Waals surface area (Å²) in [5.74, 6) is 0.631. The van der Waals surface area contributed by atoms with Crippen molar-refractivity contribution in [3.05, 3.63) is 11.6 Å². The zero-order valence-electron chi connectivity index (χ0n) is 10.7. The van der Waals surface area contributed by atoms with E-state index < -0.39 is 0 Å². The lowest BCUT2D eigenvalue weighted by Crippen LogP contribution is -2.54. The van der Waals surface area contributed by atoms with Crippen LogP contribution in [0.3, 0.4) is 0 Å². The standard InChI is InChI=1S/C12H22N4S/c1-10(2)11(9-13)15-4-6-16(7-5-15)12-14-3-8-17-12/h3,8,10-11H,4-7,9,13H2,1-2H3. The second-order valence-electron chi connectivity index (χ2n) is 4.88. The number of hydrogen-bond acceptors (Lipinski definition) is 5. The van der Waals surface area contributed by atoms with Gasteiger partial charge in [-0.05, 0) is 5.92 Å². The normalized spacial score (nSPS) is 19.9. The average molecular weight is 254 g/mol. The van der Waals surface area contributed by atoms with Gasteiger partial charge in [0.25, 0.3) is 0 Å². The van der Waals surface area contributed by atoms with E-state index >= 15 is 0 Å². The highest BCUT2D eigenvalue weighted by atomic mass is 32.1. The number of nitrogens with two attached hydrogens (primary N) is 1. The minimum Gasteiger partial charge on any atom is -0.346 e. The molecule has 0 saturated carbocycles. The van der Waals surface area contributed by atoms with Crippen molar-refractivity contribution < 1.29 is 0 Å². The molecular formula is C12H22N4S. The van der Waals surface area contributed by atoms with Crippen LogP contribution in [0.2, 0.25) is 0 Å². The van der Waals surface area contributed by atoms with Crippen LogP contribution in [0.25, 0.3) is 0 Å². The summed E-state index contributed by atoms with van der Waals surface area (Å²) in [5.41, 5.74) is 5.87. The number of nitrogens with zero attached hydrogens (tertiary/aromatic N) is 3. The molecule has 0 aliphatic carbocycles. The van der Waals surface area contributed by atoms with Gasteiger partial charge in [0.15, 0.2) is 5.13 Å². The van der Waals surface area contributed by atoms with Crippen LogP contribution in [0.5, 0.6) is 0 Å². The minimum atomic E-state index is 0.522. The van der Waals surface area contributed by atoms with Gasteiger partial charge < -0.3 is 10.6 Å². The van der Waals surface area contributed by atoms with Crippen LogP contribution in [-0.4, -0.2) is 48.6 Å². The van der Waals surface area contributed by atoms with E-state index in [1.807, 2.05) is 11.6 Å². The first-order valence-electron chi connectivity index (χ1n) is 6.31. The molecule has 1 aliphatic rings. The molecule has 2 heterocycles. The van der Waals surface area contributed by atoms with E-state index in [1.165, 1.54) is 0 Å². The van der Waals surface area contributed by atoms with E-state index in [2.05, 4.69) is 28.6 Å². The minimum absolute atomic E-state index is 0.522. The summed E-state index contributed by atoms with van der Waals surface area (Å²) in [5, 5.41) is 3.19. The summed E-state index contributed by atoms with van der Waals surface area (Å²) < 4.78 is 0. The summed E-state index contributed by atoms with van der Waals surface area (Å²) in [6.45, 7) is 9.59. The van der Waals surface area contributed by atoms with Crippen molar-refractivity contribution in [2.75, 3.05) is 37.6 Å². The Bertz CT molecular complexity index is 317. The maximum Gasteiger partial charge on any atom is 0.185 e. The highest BCUT2D eigenvalue weighted by Crippen LogP contribution is 2.20. The molecule has 1 aliphatic heterocycles. The summed E-state index contributed by atoms with van der Waals surface area (Å²) in [6.07, 6.45) is 1.88. The Kier molecular flexibility index (Phi) is 4.36. The van der Waals surface area contributed by atoms with Gasteiger partial charge in [0.1, 0.15) is 0 Å². The number of anilines is 1. The second-order valence-corrected chi connectivity index (χ2v) is 5.76. The smallest absolute Gasteiger partial charge is 0.185 e. The first-order valence-corrected chi connectivity index (χ1v) is 7.19. The molecule has 1 atom stereocenters. The second kappa shape index (κ2) is 5.80. The van der Waals surface area contributed by atoms with E-state index in [0.29, 0.717) is 12.0 Å². The molecule has 5 heteroatoms. The number of piperazine rings is 1. The van der Waals surface area contributed by atoms with Gasteiger partial charge in [0.2, 0.25) is 0 Å². The van der Waals surface area contributed by atoms with E-state index in [9.17, 15) is 0 Å². The molecule has 2 rings (SSSR count). The fourth-order valence-electron chi connectivity index (χ4n) is 2.46. The molecule has 4 nitrogen and oxygen atoms in total. The lowest BCUT2D eigenvalue weighted by molar-refractivity contribution is 0.151.